The topological polar surface area (TPSA) is 36.0 Å². The minimum absolute atomic E-state index is 0. The van der Waals surface area contributed by atoms with Gasteiger partial charge in [0.15, 0.2) is 0 Å². The predicted octanol–water partition coefficient (Wildman–Crippen LogP) is 2.30. The maximum atomic E-state index is 9.23. The van der Waals surface area contributed by atoms with Gasteiger partial charge in [0.1, 0.15) is 5.75 Å². The molecule has 0 spiro atoms. The zero-order valence-electron chi connectivity index (χ0n) is 5.74. The second-order valence-corrected chi connectivity index (χ2v) is 2.22. The van der Waals surface area contributed by atoms with Gasteiger partial charge >= 0.3 is 0 Å². The Morgan fingerprint density at radius 3 is 2.73 bits per heavy atom. The van der Waals surface area contributed by atoms with E-state index < -0.39 is 0 Å². The number of phenolic OH excluding ortho intramolecular Hbond substituents is 1. The fourth-order valence-corrected chi connectivity index (χ4v) is 1.07. The summed E-state index contributed by atoms with van der Waals surface area (Å²) in [7, 11) is 0. The molecule has 0 amide bonds. The zero-order chi connectivity index (χ0) is 6.97. The highest BCUT2D eigenvalue weighted by molar-refractivity contribution is 5.85. The molecule has 3 heteroatoms. The first-order valence-corrected chi connectivity index (χ1v) is 3.13. The van der Waals surface area contributed by atoms with Gasteiger partial charge in [-0.25, -0.2) is 0 Å². The van der Waals surface area contributed by atoms with Crippen LogP contribution in [0.4, 0.5) is 0 Å². The third kappa shape index (κ3) is 1.17. The van der Waals surface area contributed by atoms with Crippen LogP contribution in [0, 0.1) is 0 Å². The van der Waals surface area contributed by atoms with Gasteiger partial charge in [-0.1, -0.05) is 12.1 Å². The Bertz CT molecular complexity index is 356. The van der Waals surface area contributed by atoms with E-state index in [4.69, 9.17) is 0 Å². The highest BCUT2D eigenvalue weighted by atomic mass is 35.5. The van der Waals surface area contributed by atoms with Crippen LogP contribution in [0.3, 0.4) is 0 Å². The molecule has 1 aromatic heterocycles. The van der Waals surface area contributed by atoms with E-state index in [-0.39, 0.29) is 12.4 Å². The largest absolute Gasteiger partial charge is 0.506 e. The Morgan fingerprint density at radius 2 is 2.00 bits per heavy atom. The SMILES string of the molecule is Cl.Oc1cccc2cc[nH]c12. The van der Waals surface area contributed by atoms with Crippen LogP contribution in [0.25, 0.3) is 10.9 Å². The van der Waals surface area contributed by atoms with E-state index in [9.17, 15) is 5.11 Å². The lowest BCUT2D eigenvalue weighted by atomic mass is 10.2. The van der Waals surface area contributed by atoms with Gasteiger partial charge in [-0.3, -0.25) is 0 Å². The fourth-order valence-electron chi connectivity index (χ4n) is 1.07. The molecular formula is C8H8ClNO. The van der Waals surface area contributed by atoms with Crippen molar-refractivity contribution in [1.82, 2.24) is 4.98 Å². The van der Waals surface area contributed by atoms with Gasteiger partial charge in [0.05, 0.1) is 5.52 Å². The minimum atomic E-state index is 0. The first-order chi connectivity index (χ1) is 4.88. The van der Waals surface area contributed by atoms with Crippen LogP contribution in [0.15, 0.2) is 30.5 Å². The van der Waals surface area contributed by atoms with Crippen LogP contribution in [0.1, 0.15) is 0 Å². The van der Waals surface area contributed by atoms with Crippen molar-refractivity contribution in [2.75, 3.05) is 0 Å². The number of aromatic amines is 1. The Morgan fingerprint density at radius 1 is 1.18 bits per heavy atom. The number of hydrogen-bond donors (Lipinski definition) is 2. The molecular weight excluding hydrogens is 162 g/mol. The molecule has 2 nitrogen and oxygen atoms in total. The standard InChI is InChI=1S/C8H7NO.ClH/c10-7-3-1-2-6-4-5-9-8(6)7;/h1-5,9-10H;1H. The smallest absolute Gasteiger partial charge is 0.139 e. The van der Waals surface area contributed by atoms with Gasteiger partial charge < -0.3 is 10.1 Å². The molecule has 0 bridgehead atoms. The van der Waals surface area contributed by atoms with Gasteiger partial charge in [-0.2, -0.15) is 0 Å². The summed E-state index contributed by atoms with van der Waals surface area (Å²) in [5.74, 6) is 0.308. The minimum Gasteiger partial charge on any atom is -0.506 e. The van der Waals surface area contributed by atoms with Crippen LogP contribution in [-0.4, -0.2) is 10.1 Å². The second kappa shape index (κ2) is 2.84. The zero-order valence-corrected chi connectivity index (χ0v) is 6.56. The Balaban J connectivity index is 0.000000605. The molecule has 0 saturated heterocycles. The molecule has 0 unspecified atom stereocenters. The number of benzene rings is 1. The molecule has 0 aliphatic heterocycles. The number of fused-ring (bicyclic) bond motifs is 1. The quantitative estimate of drug-likeness (QED) is 0.624. The molecule has 0 saturated carbocycles. The molecule has 2 aromatic rings. The second-order valence-electron chi connectivity index (χ2n) is 2.22. The molecule has 58 valence electrons. The number of phenols is 1. The summed E-state index contributed by atoms with van der Waals surface area (Å²) in [4.78, 5) is 2.94. The number of aromatic hydroxyl groups is 1. The summed E-state index contributed by atoms with van der Waals surface area (Å²) in [5.41, 5.74) is 0.808. The summed E-state index contributed by atoms with van der Waals surface area (Å²) in [6.45, 7) is 0. The van der Waals surface area contributed by atoms with E-state index in [0.29, 0.717) is 5.75 Å². The summed E-state index contributed by atoms with van der Waals surface area (Å²) >= 11 is 0. The van der Waals surface area contributed by atoms with Crippen molar-refractivity contribution >= 4 is 23.3 Å². The average molecular weight is 170 g/mol. The van der Waals surface area contributed by atoms with Crippen LogP contribution in [0.2, 0.25) is 0 Å². The monoisotopic (exact) mass is 169 g/mol. The van der Waals surface area contributed by atoms with Crippen molar-refractivity contribution in [2.24, 2.45) is 0 Å². The summed E-state index contributed by atoms with van der Waals surface area (Å²) < 4.78 is 0. The highest BCUT2D eigenvalue weighted by Gasteiger charge is 1.96. The van der Waals surface area contributed by atoms with Crippen molar-refractivity contribution in [3.8, 4) is 5.75 Å². The molecule has 2 rings (SSSR count). The van der Waals surface area contributed by atoms with Crippen molar-refractivity contribution in [1.29, 1.82) is 0 Å². The average Bonchev–Trinajstić information content (AvgIpc) is 2.36. The number of hydrogen-bond acceptors (Lipinski definition) is 1. The first kappa shape index (κ1) is 7.95. The number of nitrogens with one attached hydrogen (secondary N) is 1. The van der Waals surface area contributed by atoms with Crippen molar-refractivity contribution in [2.45, 2.75) is 0 Å². The Kier molecular flexibility index (Phi) is 2.06. The molecule has 0 fully saturated rings. The van der Waals surface area contributed by atoms with Crippen LogP contribution in [0.5, 0.6) is 5.75 Å². The maximum Gasteiger partial charge on any atom is 0.139 e. The van der Waals surface area contributed by atoms with Crippen molar-refractivity contribution in [3.05, 3.63) is 30.5 Å². The summed E-state index contributed by atoms with van der Waals surface area (Å²) in [5, 5.41) is 10.3. The van der Waals surface area contributed by atoms with E-state index in [1.165, 1.54) is 0 Å². The van der Waals surface area contributed by atoms with E-state index >= 15 is 0 Å². The molecule has 2 N–H and O–H groups in total. The Hall–Kier alpha value is -1.15. The maximum absolute atomic E-state index is 9.23. The lowest BCUT2D eigenvalue weighted by molar-refractivity contribution is 0.480. The highest BCUT2D eigenvalue weighted by Crippen LogP contribution is 2.21. The van der Waals surface area contributed by atoms with Crippen molar-refractivity contribution < 1.29 is 5.11 Å². The molecule has 0 radical (unpaired) electrons. The molecule has 0 atom stereocenters. The third-order valence-corrected chi connectivity index (χ3v) is 1.57. The molecule has 11 heavy (non-hydrogen) atoms. The normalized spacial score (nSPS) is 9.45. The summed E-state index contributed by atoms with van der Waals surface area (Å²) in [6, 6.07) is 7.37. The molecule has 1 aromatic carbocycles. The lowest BCUT2D eigenvalue weighted by Crippen LogP contribution is -1.67. The van der Waals surface area contributed by atoms with Crippen molar-refractivity contribution in [3.63, 3.8) is 0 Å². The third-order valence-electron chi connectivity index (χ3n) is 1.57. The number of H-pyrrole nitrogens is 1. The molecule has 0 aliphatic carbocycles. The van der Waals surface area contributed by atoms with Gasteiger partial charge in [0, 0.05) is 11.6 Å². The van der Waals surface area contributed by atoms with Gasteiger partial charge in [-0.05, 0) is 12.1 Å². The first-order valence-electron chi connectivity index (χ1n) is 3.13. The Labute approximate surface area is 70.3 Å². The lowest BCUT2D eigenvalue weighted by Gasteiger charge is -1.91. The van der Waals surface area contributed by atoms with Crippen LogP contribution in [-0.2, 0) is 0 Å². The number of aromatic nitrogens is 1. The number of halogens is 1. The molecule has 1 heterocycles. The van der Waals surface area contributed by atoms with E-state index in [1.807, 2.05) is 24.4 Å². The number of para-hydroxylation sites is 1. The van der Waals surface area contributed by atoms with Gasteiger partial charge in [0.25, 0.3) is 0 Å². The molecule has 0 aliphatic rings. The van der Waals surface area contributed by atoms with E-state index in [2.05, 4.69) is 4.98 Å². The predicted molar refractivity (Wildman–Crippen MR) is 47.2 cm³/mol. The summed E-state index contributed by atoms with van der Waals surface area (Å²) in [6.07, 6.45) is 1.81. The van der Waals surface area contributed by atoms with Gasteiger partial charge in [-0.15, -0.1) is 12.4 Å². The van der Waals surface area contributed by atoms with Gasteiger partial charge in [0.2, 0.25) is 0 Å². The van der Waals surface area contributed by atoms with Crippen LogP contribution < -0.4 is 0 Å². The number of rotatable bonds is 0. The van der Waals surface area contributed by atoms with Crippen LogP contribution >= 0.6 is 12.4 Å². The van der Waals surface area contributed by atoms with E-state index in [0.717, 1.165) is 10.9 Å². The van der Waals surface area contributed by atoms with E-state index in [1.54, 1.807) is 6.07 Å². The fraction of sp³-hybridized carbons (Fsp3) is 0.